The molecule has 246 valence electrons. The SMILES string of the molecule is CC/C=C\C/C=C\C/C=C\CCCCCC(=O)OC(COCCCCCCCCCC)COP(=O)(O)OCC(O)CO. The van der Waals surface area contributed by atoms with E-state index in [2.05, 4.69) is 54.8 Å². The molecule has 0 aliphatic rings. The number of carbonyl (C=O) groups is 1. The molecular formula is C32H59O9P. The van der Waals surface area contributed by atoms with E-state index >= 15 is 0 Å². The Hall–Kier alpha value is -1.32. The van der Waals surface area contributed by atoms with Gasteiger partial charge >= 0.3 is 13.8 Å². The van der Waals surface area contributed by atoms with E-state index in [1.165, 1.54) is 32.1 Å². The van der Waals surface area contributed by atoms with Crippen LogP contribution in [0.4, 0.5) is 0 Å². The molecule has 9 nitrogen and oxygen atoms in total. The van der Waals surface area contributed by atoms with E-state index < -0.39 is 39.2 Å². The predicted molar refractivity (Wildman–Crippen MR) is 168 cm³/mol. The molecule has 0 aromatic heterocycles. The summed E-state index contributed by atoms with van der Waals surface area (Å²) in [6.07, 6.45) is 26.9. The highest BCUT2D eigenvalue weighted by Gasteiger charge is 2.26. The lowest BCUT2D eigenvalue weighted by atomic mass is 10.1. The standard InChI is InChI=1S/C32H59O9P/c1-3-5-7-9-11-13-14-15-16-17-18-20-22-24-32(35)41-31(29-40-42(36,37)39-27-30(34)26-33)28-38-25-23-21-19-12-10-8-6-4-2/h5,7,11,13,15-16,30-31,33-34H,3-4,6,8-10,12,14,17-29H2,1-2H3,(H,36,37)/b7-5-,13-11-,16-15-. The van der Waals surface area contributed by atoms with Crippen molar-refractivity contribution in [2.24, 2.45) is 0 Å². The molecular weight excluding hydrogens is 559 g/mol. The molecule has 0 amide bonds. The molecule has 0 rings (SSSR count). The lowest BCUT2D eigenvalue weighted by Crippen LogP contribution is -2.29. The second kappa shape index (κ2) is 29.7. The summed E-state index contributed by atoms with van der Waals surface area (Å²) in [5.74, 6) is -0.415. The van der Waals surface area contributed by atoms with E-state index in [0.29, 0.717) is 13.0 Å². The topological polar surface area (TPSA) is 132 Å². The molecule has 10 heteroatoms. The monoisotopic (exact) mass is 618 g/mol. The van der Waals surface area contributed by atoms with E-state index in [9.17, 15) is 19.4 Å². The average Bonchev–Trinajstić information content (AvgIpc) is 2.97. The van der Waals surface area contributed by atoms with E-state index in [4.69, 9.17) is 19.1 Å². The van der Waals surface area contributed by atoms with Gasteiger partial charge in [0.25, 0.3) is 0 Å². The number of aliphatic hydroxyl groups is 2. The van der Waals surface area contributed by atoms with Crippen LogP contribution in [0, 0.1) is 0 Å². The molecule has 0 bridgehead atoms. The Balaban J connectivity index is 4.37. The van der Waals surface area contributed by atoms with Crippen LogP contribution in [0.1, 0.15) is 117 Å². The van der Waals surface area contributed by atoms with Crippen LogP contribution >= 0.6 is 7.82 Å². The Bertz CT molecular complexity index is 754. The second-order valence-electron chi connectivity index (χ2n) is 10.5. The maximum atomic E-state index is 12.4. The van der Waals surface area contributed by atoms with Gasteiger partial charge < -0.3 is 24.6 Å². The summed E-state index contributed by atoms with van der Waals surface area (Å²) in [5, 5.41) is 18.2. The van der Waals surface area contributed by atoms with Gasteiger partial charge in [-0.15, -0.1) is 0 Å². The van der Waals surface area contributed by atoms with Crippen LogP contribution in [0.5, 0.6) is 0 Å². The fourth-order valence-corrected chi connectivity index (χ4v) is 4.69. The minimum Gasteiger partial charge on any atom is -0.457 e. The predicted octanol–water partition coefficient (Wildman–Crippen LogP) is 7.35. The maximum absolute atomic E-state index is 12.4. The third-order valence-corrected chi connectivity index (χ3v) is 7.29. The number of phosphoric acid groups is 1. The van der Waals surface area contributed by atoms with Gasteiger partial charge in [0.1, 0.15) is 12.2 Å². The van der Waals surface area contributed by atoms with Gasteiger partial charge in [0.2, 0.25) is 0 Å². The summed E-state index contributed by atoms with van der Waals surface area (Å²) in [4.78, 5) is 22.3. The van der Waals surface area contributed by atoms with Gasteiger partial charge in [-0.1, -0.05) is 102 Å². The first kappa shape index (κ1) is 40.7. The van der Waals surface area contributed by atoms with E-state index in [0.717, 1.165) is 57.8 Å². The van der Waals surface area contributed by atoms with Crippen LogP contribution in [-0.4, -0.2) is 66.3 Å². The smallest absolute Gasteiger partial charge is 0.457 e. The molecule has 0 saturated heterocycles. The zero-order chi connectivity index (χ0) is 31.2. The number of phosphoric ester groups is 1. The van der Waals surface area contributed by atoms with Gasteiger partial charge in [0.05, 0.1) is 26.4 Å². The van der Waals surface area contributed by atoms with E-state index in [-0.39, 0.29) is 19.6 Å². The normalized spacial score (nSPS) is 15.1. The Morgan fingerprint density at radius 1 is 0.762 bits per heavy atom. The summed E-state index contributed by atoms with van der Waals surface area (Å²) in [7, 11) is -4.51. The Morgan fingerprint density at radius 2 is 1.36 bits per heavy atom. The first-order valence-electron chi connectivity index (χ1n) is 16.0. The number of hydrogen-bond acceptors (Lipinski definition) is 8. The van der Waals surface area contributed by atoms with Gasteiger partial charge in [0.15, 0.2) is 0 Å². The first-order chi connectivity index (χ1) is 20.3. The molecule has 0 spiro atoms. The second-order valence-corrected chi connectivity index (χ2v) is 11.9. The molecule has 42 heavy (non-hydrogen) atoms. The van der Waals surface area contributed by atoms with Crippen LogP contribution in [0.15, 0.2) is 36.5 Å². The number of rotatable bonds is 30. The number of esters is 1. The molecule has 0 saturated carbocycles. The van der Waals surface area contributed by atoms with Crippen LogP contribution < -0.4 is 0 Å². The highest BCUT2D eigenvalue weighted by molar-refractivity contribution is 7.47. The van der Waals surface area contributed by atoms with Crippen molar-refractivity contribution in [3.05, 3.63) is 36.5 Å². The highest BCUT2D eigenvalue weighted by Crippen LogP contribution is 2.43. The molecule has 0 fully saturated rings. The molecule has 0 radical (unpaired) electrons. The van der Waals surface area contributed by atoms with Crippen LogP contribution in [0.3, 0.4) is 0 Å². The summed E-state index contributed by atoms with van der Waals surface area (Å²) in [6, 6.07) is 0. The van der Waals surface area contributed by atoms with Crippen LogP contribution in [-0.2, 0) is 27.9 Å². The average molecular weight is 619 g/mol. The van der Waals surface area contributed by atoms with E-state index in [1.54, 1.807) is 0 Å². The Labute approximate surface area is 255 Å². The highest BCUT2D eigenvalue weighted by atomic mass is 31.2. The van der Waals surface area contributed by atoms with Crippen molar-refractivity contribution in [3.63, 3.8) is 0 Å². The fourth-order valence-electron chi connectivity index (χ4n) is 3.90. The largest absolute Gasteiger partial charge is 0.472 e. The zero-order valence-corrected chi connectivity index (χ0v) is 27.1. The lowest BCUT2D eigenvalue weighted by molar-refractivity contribution is -0.154. The number of allylic oxidation sites excluding steroid dienone is 6. The van der Waals surface area contributed by atoms with Crippen LogP contribution in [0.2, 0.25) is 0 Å². The van der Waals surface area contributed by atoms with Gasteiger partial charge in [-0.05, 0) is 44.9 Å². The summed E-state index contributed by atoms with van der Waals surface area (Å²) >= 11 is 0. The molecule has 0 heterocycles. The quantitative estimate of drug-likeness (QED) is 0.0327. The zero-order valence-electron chi connectivity index (χ0n) is 26.2. The Kier molecular flexibility index (Phi) is 28.8. The van der Waals surface area contributed by atoms with Crippen molar-refractivity contribution in [3.8, 4) is 0 Å². The fraction of sp³-hybridized carbons (Fsp3) is 0.781. The van der Waals surface area contributed by atoms with Gasteiger partial charge in [-0.2, -0.15) is 0 Å². The summed E-state index contributed by atoms with van der Waals surface area (Å²) in [6.45, 7) is 3.30. The molecule has 0 aliphatic carbocycles. The number of carbonyl (C=O) groups excluding carboxylic acids is 1. The molecule has 3 atom stereocenters. The van der Waals surface area contributed by atoms with Gasteiger partial charge in [-0.3, -0.25) is 13.8 Å². The third-order valence-electron chi connectivity index (χ3n) is 6.34. The summed E-state index contributed by atoms with van der Waals surface area (Å²) in [5.41, 5.74) is 0. The minimum atomic E-state index is -4.51. The minimum absolute atomic E-state index is 0.0373. The van der Waals surface area contributed by atoms with Crippen LogP contribution in [0.25, 0.3) is 0 Å². The number of hydrogen-bond donors (Lipinski definition) is 3. The summed E-state index contributed by atoms with van der Waals surface area (Å²) < 4.78 is 32.9. The van der Waals surface area contributed by atoms with Crippen molar-refractivity contribution in [1.82, 2.24) is 0 Å². The maximum Gasteiger partial charge on any atom is 0.472 e. The number of ether oxygens (including phenoxy) is 2. The molecule has 0 aromatic carbocycles. The number of aliphatic hydroxyl groups excluding tert-OH is 2. The van der Waals surface area contributed by atoms with Gasteiger partial charge in [0, 0.05) is 13.0 Å². The van der Waals surface area contributed by atoms with Crippen molar-refractivity contribution in [2.75, 3.05) is 33.0 Å². The molecule has 3 N–H and O–H groups in total. The van der Waals surface area contributed by atoms with Crippen molar-refractivity contribution >= 4 is 13.8 Å². The third kappa shape index (κ3) is 28.8. The lowest BCUT2D eigenvalue weighted by Gasteiger charge is -2.20. The molecule has 0 aromatic rings. The Morgan fingerprint density at radius 3 is 2.02 bits per heavy atom. The first-order valence-corrected chi connectivity index (χ1v) is 17.5. The van der Waals surface area contributed by atoms with Crippen molar-refractivity contribution < 1.29 is 43.0 Å². The van der Waals surface area contributed by atoms with Crippen molar-refractivity contribution in [1.29, 1.82) is 0 Å². The van der Waals surface area contributed by atoms with Gasteiger partial charge in [-0.25, -0.2) is 4.57 Å². The van der Waals surface area contributed by atoms with Crippen molar-refractivity contribution in [2.45, 2.75) is 129 Å². The molecule has 3 unspecified atom stereocenters. The molecule has 0 aliphatic heterocycles. The number of unbranched alkanes of at least 4 members (excludes halogenated alkanes) is 10. The van der Waals surface area contributed by atoms with E-state index in [1.807, 2.05) is 0 Å².